The zero-order valence-corrected chi connectivity index (χ0v) is 8.59. The molecule has 0 unspecified atom stereocenters. The van der Waals surface area contributed by atoms with Crippen molar-refractivity contribution < 1.29 is 27.4 Å². The summed E-state index contributed by atoms with van der Waals surface area (Å²) in [5.74, 6) is -0.543. The van der Waals surface area contributed by atoms with Crippen molar-refractivity contribution in [3.05, 3.63) is 23.3 Å². The summed E-state index contributed by atoms with van der Waals surface area (Å²) in [4.78, 5) is 10.6. The molecule has 0 fully saturated rings. The van der Waals surface area contributed by atoms with E-state index in [0.717, 1.165) is 13.2 Å². The summed E-state index contributed by atoms with van der Waals surface area (Å²) >= 11 is 0. The van der Waals surface area contributed by atoms with Gasteiger partial charge in [0.1, 0.15) is 17.1 Å². The Kier molecular flexibility index (Phi) is 3.41. The Labute approximate surface area is 89.8 Å². The van der Waals surface area contributed by atoms with Gasteiger partial charge in [-0.25, -0.2) is 0 Å². The van der Waals surface area contributed by atoms with Crippen LogP contribution < -0.4 is 9.47 Å². The van der Waals surface area contributed by atoms with E-state index in [9.17, 15) is 18.0 Å². The molecule has 0 bridgehead atoms. The highest BCUT2D eigenvalue weighted by Gasteiger charge is 2.36. The van der Waals surface area contributed by atoms with E-state index in [2.05, 4.69) is 9.47 Å². The Hall–Kier alpha value is -1.72. The number of methoxy groups -OCH3 is 2. The van der Waals surface area contributed by atoms with Crippen LogP contribution in [0, 0.1) is 0 Å². The highest BCUT2D eigenvalue weighted by Crippen LogP contribution is 2.40. The van der Waals surface area contributed by atoms with Gasteiger partial charge in [-0.3, -0.25) is 4.79 Å². The normalized spacial score (nSPS) is 11.1. The molecular weight excluding hydrogens is 225 g/mol. The minimum absolute atomic E-state index is 0.0461. The van der Waals surface area contributed by atoms with Crippen molar-refractivity contribution in [2.45, 2.75) is 6.18 Å². The summed E-state index contributed by atoms with van der Waals surface area (Å²) < 4.78 is 47.1. The molecule has 0 atom stereocenters. The van der Waals surface area contributed by atoms with Gasteiger partial charge in [-0.1, -0.05) is 0 Å². The van der Waals surface area contributed by atoms with Crippen LogP contribution in [0.4, 0.5) is 13.2 Å². The van der Waals surface area contributed by atoms with Gasteiger partial charge in [0.15, 0.2) is 6.29 Å². The molecule has 0 saturated carbocycles. The Morgan fingerprint density at radius 1 is 1.19 bits per heavy atom. The van der Waals surface area contributed by atoms with Crippen LogP contribution in [0.15, 0.2) is 12.1 Å². The number of halogens is 3. The van der Waals surface area contributed by atoms with E-state index < -0.39 is 17.5 Å². The van der Waals surface area contributed by atoms with Crippen molar-refractivity contribution in [1.29, 1.82) is 0 Å². The van der Waals surface area contributed by atoms with Crippen molar-refractivity contribution >= 4 is 6.29 Å². The van der Waals surface area contributed by atoms with Crippen molar-refractivity contribution in [3.8, 4) is 11.5 Å². The van der Waals surface area contributed by atoms with Gasteiger partial charge in [-0.2, -0.15) is 13.2 Å². The highest BCUT2D eigenvalue weighted by atomic mass is 19.4. The molecule has 0 saturated heterocycles. The molecule has 1 rings (SSSR count). The van der Waals surface area contributed by atoms with Crippen LogP contribution >= 0.6 is 0 Å². The van der Waals surface area contributed by atoms with Gasteiger partial charge >= 0.3 is 6.18 Å². The van der Waals surface area contributed by atoms with Gasteiger partial charge < -0.3 is 9.47 Å². The highest BCUT2D eigenvalue weighted by molar-refractivity contribution is 5.81. The molecule has 0 N–H and O–H groups in total. The third-order valence-corrected chi connectivity index (χ3v) is 1.96. The number of alkyl halides is 3. The number of carbonyl (C=O) groups is 1. The first kappa shape index (κ1) is 12.4. The first-order valence-electron chi connectivity index (χ1n) is 4.22. The van der Waals surface area contributed by atoms with Crippen LogP contribution in [0.5, 0.6) is 11.5 Å². The van der Waals surface area contributed by atoms with E-state index in [0.29, 0.717) is 0 Å². The van der Waals surface area contributed by atoms with Crippen LogP contribution in [-0.2, 0) is 6.18 Å². The fraction of sp³-hybridized carbons (Fsp3) is 0.300. The second kappa shape index (κ2) is 4.42. The third-order valence-electron chi connectivity index (χ3n) is 1.96. The number of hydrogen-bond acceptors (Lipinski definition) is 3. The van der Waals surface area contributed by atoms with Crippen LogP contribution in [0.25, 0.3) is 0 Å². The second-order valence-corrected chi connectivity index (χ2v) is 2.91. The summed E-state index contributed by atoms with van der Waals surface area (Å²) in [5, 5.41) is 0. The fourth-order valence-corrected chi connectivity index (χ4v) is 1.27. The van der Waals surface area contributed by atoms with E-state index in [-0.39, 0.29) is 17.6 Å². The molecule has 3 nitrogen and oxygen atoms in total. The van der Waals surface area contributed by atoms with Crippen molar-refractivity contribution in [1.82, 2.24) is 0 Å². The molecular formula is C10H9F3O3. The number of hydrogen-bond donors (Lipinski definition) is 0. The van der Waals surface area contributed by atoms with Crippen molar-refractivity contribution in [3.63, 3.8) is 0 Å². The molecule has 0 aliphatic carbocycles. The molecule has 1 aromatic rings. The Balaban J connectivity index is 3.49. The van der Waals surface area contributed by atoms with Crippen molar-refractivity contribution in [2.24, 2.45) is 0 Å². The standard InChI is InChI=1S/C10H9F3O3/c1-15-7-3-6(5-14)9(16-2)8(4-7)10(11,12)13/h3-5H,1-2H3. The SMILES string of the molecule is COc1cc(C=O)c(OC)c(C(F)(F)F)c1. The van der Waals surface area contributed by atoms with Crippen molar-refractivity contribution in [2.75, 3.05) is 14.2 Å². The van der Waals surface area contributed by atoms with Gasteiger partial charge in [0, 0.05) is 0 Å². The zero-order valence-electron chi connectivity index (χ0n) is 8.59. The first-order valence-corrected chi connectivity index (χ1v) is 4.22. The summed E-state index contributed by atoms with van der Waals surface area (Å²) in [7, 11) is 2.29. The number of rotatable bonds is 3. The second-order valence-electron chi connectivity index (χ2n) is 2.91. The molecule has 6 heteroatoms. The lowest BCUT2D eigenvalue weighted by Gasteiger charge is -2.14. The predicted octanol–water partition coefficient (Wildman–Crippen LogP) is 2.54. The first-order chi connectivity index (χ1) is 7.43. The van der Waals surface area contributed by atoms with Crippen LogP contribution in [-0.4, -0.2) is 20.5 Å². The molecule has 0 spiro atoms. The largest absolute Gasteiger partial charge is 0.497 e. The summed E-state index contributed by atoms with van der Waals surface area (Å²) in [6, 6.07) is 1.97. The molecule has 0 aliphatic rings. The fourth-order valence-electron chi connectivity index (χ4n) is 1.27. The predicted molar refractivity (Wildman–Crippen MR) is 49.9 cm³/mol. The smallest absolute Gasteiger partial charge is 0.420 e. The van der Waals surface area contributed by atoms with Gasteiger partial charge in [0.2, 0.25) is 0 Å². The molecule has 16 heavy (non-hydrogen) atoms. The van der Waals surface area contributed by atoms with Gasteiger partial charge in [0.25, 0.3) is 0 Å². The average molecular weight is 234 g/mol. The van der Waals surface area contributed by atoms with Crippen LogP contribution in [0.1, 0.15) is 15.9 Å². The quantitative estimate of drug-likeness (QED) is 0.754. The lowest BCUT2D eigenvalue weighted by Crippen LogP contribution is -2.09. The third kappa shape index (κ3) is 2.26. The van der Waals surface area contributed by atoms with Gasteiger partial charge in [-0.05, 0) is 12.1 Å². The number of carbonyl (C=O) groups excluding carboxylic acids is 1. The minimum atomic E-state index is -4.60. The van der Waals surface area contributed by atoms with E-state index in [1.54, 1.807) is 0 Å². The lowest BCUT2D eigenvalue weighted by atomic mass is 10.1. The monoisotopic (exact) mass is 234 g/mol. The number of ether oxygens (including phenoxy) is 2. The topological polar surface area (TPSA) is 35.5 Å². The van der Waals surface area contributed by atoms with Crippen LogP contribution in [0.2, 0.25) is 0 Å². The van der Waals surface area contributed by atoms with E-state index in [1.807, 2.05) is 0 Å². The van der Waals surface area contributed by atoms with E-state index in [1.165, 1.54) is 13.2 Å². The summed E-state index contributed by atoms with van der Waals surface area (Å²) in [5.41, 5.74) is -1.23. The molecule has 0 amide bonds. The van der Waals surface area contributed by atoms with Gasteiger partial charge in [0.05, 0.1) is 19.8 Å². The Morgan fingerprint density at radius 2 is 1.81 bits per heavy atom. The Bertz CT molecular complexity index is 399. The maximum absolute atomic E-state index is 12.6. The lowest BCUT2D eigenvalue weighted by molar-refractivity contribution is -0.138. The molecule has 0 aliphatic heterocycles. The molecule has 0 radical (unpaired) electrons. The zero-order chi connectivity index (χ0) is 12.3. The summed E-state index contributed by atoms with van der Waals surface area (Å²) in [6.07, 6.45) is -4.31. The maximum Gasteiger partial charge on any atom is 0.420 e. The molecule has 1 aromatic carbocycles. The van der Waals surface area contributed by atoms with Crippen LogP contribution in [0.3, 0.4) is 0 Å². The van der Waals surface area contributed by atoms with E-state index in [4.69, 9.17) is 0 Å². The minimum Gasteiger partial charge on any atom is -0.497 e. The maximum atomic E-state index is 12.6. The Morgan fingerprint density at radius 3 is 2.19 bits per heavy atom. The number of benzene rings is 1. The molecule has 88 valence electrons. The average Bonchev–Trinajstić information content (AvgIpc) is 2.25. The summed E-state index contributed by atoms with van der Waals surface area (Å²) in [6.45, 7) is 0. The molecule has 0 heterocycles. The molecule has 0 aromatic heterocycles. The van der Waals surface area contributed by atoms with E-state index >= 15 is 0 Å². The van der Waals surface area contributed by atoms with Gasteiger partial charge in [-0.15, -0.1) is 0 Å². The number of aldehydes is 1.